The summed E-state index contributed by atoms with van der Waals surface area (Å²) >= 11 is 0. The molecule has 1 fully saturated rings. The van der Waals surface area contributed by atoms with Crippen LogP contribution in [-0.4, -0.2) is 40.2 Å². The average Bonchev–Trinajstić information content (AvgIpc) is 3.41. The number of rotatable bonds is 4. The lowest BCUT2D eigenvalue weighted by atomic mass is 9.98. The number of carboxylic acid groups (broad SMARTS) is 1. The number of ether oxygens (including phenoxy) is 1. The van der Waals surface area contributed by atoms with Crippen LogP contribution in [-0.2, 0) is 4.74 Å². The van der Waals surface area contributed by atoms with Crippen molar-refractivity contribution in [1.82, 2.24) is 9.88 Å². The third-order valence-corrected chi connectivity index (χ3v) is 6.21. The predicted molar refractivity (Wildman–Crippen MR) is 115 cm³/mol. The van der Waals surface area contributed by atoms with Crippen LogP contribution in [0.5, 0.6) is 0 Å². The van der Waals surface area contributed by atoms with Gasteiger partial charge in [-0.2, -0.15) is 0 Å². The molecule has 2 heterocycles. The van der Waals surface area contributed by atoms with Gasteiger partial charge >= 0.3 is 12.1 Å². The van der Waals surface area contributed by atoms with E-state index in [9.17, 15) is 14.7 Å². The van der Waals surface area contributed by atoms with Crippen molar-refractivity contribution in [1.29, 1.82) is 0 Å². The van der Waals surface area contributed by atoms with Gasteiger partial charge in [-0.25, -0.2) is 9.59 Å². The molecule has 5 rings (SSSR count). The number of carboxylic acids is 1. The number of hydrogen-bond donors (Lipinski definition) is 1. The first-order valence-electron chi connectivity index (χ1n) is 10.4. The van der Waals surface area contributed by atoms with Gasteiger partial charge in [0.1, 0.15) is 6.61 Å². The zero-order valence-electron chi connectivity index (χ0n) is 16.9. The summed E-state index contributed by atoms with van der Waals surface area (Å²) in [6, 6.07) is 17.8. The highest BCUT2D eigenvalue weighted by atomic mass is 16.6. The molecule has 1 saturated heterocycles. The van der Waals surface area contributed by atoms with Crippen molar-refractivity contribution >= 4 is 12.1 Å². The third kappa shape index (κ3) is 3.44. The number of aromatic nitrogens is 1. The number of amides is 1. The highest BCUT2D eigenvalue weighted by molar-refractivity contribution is 5.87. The Morgan fingerprint density at radius 2 is 1.71 bits per heavy atom. The van der Waals surface area contributed by atoms with E-state index < -0.39 is 5.97 Å². The number of pyridine rings is 1. The molecule has 3 aromatic rings. The summed E-state index contributed by atoms with van der Waals surface area (Å²) in [5.74, 6) is -1.02. The van der Waals surface area contributed by atoms with Crippen molar-refractivity contribution in [3.63, 3.8) is 0 Å². The molecule has 1 aromatic heterocycles. The largest absolute Gasteiger partial charge is 0.478 e. The van der Waals surface area contributed by atoms with Crippen LogP contribution < -0.4 is 0 Å². The minimum absolute atomic E-state index is 0.00871. The van der Waals surface area contributed by atoms with Gasteiger partial charge in [-0.1, -0.05) is 48.5 Å². The first-order chi connectivity index (χ1) is 15.1. The Hall–Kier alpha value is -3.67. The van der Waals surface area contributed by atoms with Crippen LogP contribution in [0.25, 0.3) is 11.1 Å². The molecular formula is C25H22N2O4. The van der Waals surface area contributed by atoms with Crippen molar-refractivity contribution in [3.8, 4) is 11.1 Å². The maximum Gasteiger partial charge on any atom is 0.410 e. The first kappa shape index (κ1) is 19.3. The molecule has 1 amide bonds. The lowest BCUT2D eigenvalue weighted by Crippen LogP contribution is -2.32. The van der Waals surface area contributed by atoms with E-state index in [1.807, 2.05) is 24.3 Å². The van der Waals surface area contributed by atoms with Crippen molar-refractivity contribution in [3.05, 3.63) is 89.2 Å². The number of aromatic carboxylic acids is 1. The molecule has 31 heavy (non-hydrogen) atoms. The maximum absolute atomic E-state index is 13.0. The first-order valence-corrected chi connectivity index (χ1v) is 10.4. The summed E-state index contributed by atoms with van der Waals surface area (Å²) in [5, 5.41) is 9.25. The van der Waals surface area contributed by atoms with Gasteiger partial charge in [0.2, 0.25) is 0 Å². The minimum atomic E-state index is -1.03. The SMILES string of the molecule is O=C(O)c1cncc(C2CCCN2C(=O)OCC2c3ccccc3-c3ccccc32)c1. The predicted octanol–water partition coefficient (Wildman–Crippen LogP) is 4.87. The van der Waals surface area contributed by atoms with Gasteiger partial charge in [0.15, 0.2) is 0 Å². The van der Waals surface area contributed by atoms with Crippen LogP contribution >= 0.6 is 0 Å². The number of fused-ring (bicyclic) bond motifs is 3. The van der Waals surface area contributed by atoms with Crippen molar-refractivity contribution < 1.29 is 19.4 Å². The Labute approximate surface area is 180 Å². The highest BCUT2D eigenvalue weighted by Crippen LogP contribution is 2.44. The van der Waals surface area contributed by atoms with Gasteiger partial charge in [0.25, 0.3) is 0 Å². The summed E-state index contributed by atoms with van der Waals surface area (Å²) < 4.78 is 5.80. The van der Waals surface area contributed by atoms with E-state index in [2.05, 4.69) is 29.2 Å². The second-order valence-electron chi connectivity index (χ2n) is 7.97. The average molecular weight is 414 g/mol. The molecule has 1 unspecified atom stereocenters. The molecule has 1 aliphatic heterocycles. The summed E-state index contributed by atoms with van der Waals surface area (Å²) in [5.41, 5.74) is 5.58. The van der Waals surface area contributed by atoms with E-state index in [0.717, 1.165) is 18.4 Å². The van der Waals surface area contributed by atoms with Gasteiger partial charge in [-0.15, -0.1) is 0 Å². The van der Waals surface area contributed by atoms with Crippen LogP contribution in [0.1, 0.15) is 51.8 Å². The fourth-order valence-corrected chi connectivity index (χ4v) is 4.77. The van der Waals surface area contributed by atoms with Crippen molar-refractivity contribution in [2.45, 2.75) is 24.8 Å². The maximum atomic E-state index is 13.0. The number of benzene rings is 2. The van der Waals surface area contributed by atoms with Crippen LogP contribution in [0.4, 0.5) is 4.79 Å². The second kappa shape index (κ2) is 7.87. The molecule has 2 aliphatic rings. The second-order valence-corrected chi connectivity index (χ2v) is 7.97. The standard InChI is InChI=1S/C25H22N2O4/c28-24(29)17-12-16(13-26-14-17)23-10-5-11-27(23)25(30)31-15-22-20-8-3-1-6-18(20)19-7-2-4-9-21(19)22/h1-4,6-9,12-14,22-23H,5,10-11,15H2,(H,28,29). The Morgan fingerprint density at radius 1 is 1.03 bits per heavy atom. The van der Waals surface area contributed by atoms with Crippen LogP contribution in [0.15, 0.2) is 67.0 Å². The minimum Gasteiger partial charge on any atom is -0.478 e. The Balaban J connectivity index is 1.34. The van der Waals surface area contributed by atoms with E-state index in [-0.39, 0.29) is 30.2 Å². The fourth-order valence-electron chi connectivity index (χ4n) is 4.77. The molecule has 0 radical (unpaired) electrons. The van der Waals surface area contributed by atoms with Gasteiger partial charge in [-0.05, 0) is 46.7 Å². The van der Waals surface area contributed by atoms with E-state index >= 15 is 0 Å². The zero-order valence-corrected chi connectivity index (χ0v) is 16.9. The normalized spacial score (nSPS) is 17.3. The van der Waals surface area contributed by atoms with E-state index in [1.165, 1.54) is 28.5 Å². The number of carbonyl (C=O) groups is 2. The summed E-state index contributed by atoms with van der Waals surface area (Å²) in [6.45, 7) is 0.849. The van der Waals surface area contributed by atoms with Crippen LogP contribution in [0, 0.1) is 0 Å². The molecule has 6 heteroatoms. The quantitative estimate of drug-likeness (QED) is 0.659. The van der Waals surface area contributed by atoms with E-state index in [4.69, 9.17) is 4.74 Å². The molecule has 2 aromatic carbocycles. The van der Waals surface area contributed by atoms with Gasteiger partial charge < -0.3 is 14.7 Å². The molecule has 1 atom stereocenters. The number of hydrogen-bond acceptors (Lipinski definition) is 4. The van der Waals surface area contributed by atoms with E-state index in [0.29, 0.717) is 6.54 Å². The van der Waals surface area contributed by atoms with Crippen LogP contribution in [0.2, 0.25) is 0 Å². The Kier molecular flexibility index (Phi) is 4.90. The topological polar surface area (TPSA) is 79.7 Å². The van der Waals surface area contributed by atoms with Gasteiger partial charge in [0.05, 0.1) is 11.6 Å². The molecule has 0 saturated carbocycles. The molecule has 6 nitrogen and oxygen atoms in total. The smallest absolute Gasteiger partial charge is 0.410 e. The van der Waals surface area contributed by atoms with Gasteiger partial charge in [0, 0.05) is 24.9 Å². The highest BCUT2D eigenvalue weighted by Gasteiger charge is 2.34. The van der Waals surface area contributed by atoms with Crippen LogP contribution in [0.3, 0.4) is 0 Å². The third-order valence-electron chi connectivity index (χ3n) is 6.21. The fraction of sp³-hybridized carbons (Fsp3) is 0.240. The molecule has 0 spiro atoms. The summed E-state index contributed by atoms with van der Waals surface area (Å²) in [4.78, 5) is 30.0. The molecular weight excluding hydrogens is 392 g/mol. The Morgan fingerprint density at radius 3 is 2.39 bits per heavy atom. The Bertz CT molecular complexity index is 1110. The number of carbonyl (C=O) groups excluding carboxylic acids is 1. The van der Waals surface area contributed by atoms with Gasteiger partial charge in [-0.3, -0.25) is 4.98 Å². The van der Waals surface area contributed by atoms with E-state index in [1.54, 1.807) is 17.2 Å². The van der Waals surface area contributed by atoms with Crippen molar-refractivity contribution in [2.75, 3.05) is 13.2 Å². The summed E-state index contributed by atoms with van der Waals surface area (Å²) in [6.07, 6.45) is 4.18. The van der Waals surface area contributed by atoms with Crippen molar-refractivity contribution in [2.24, 2.45) is 0 Å². The summed E-state index contributed by atoms with van der Waals surface area (Å²) in [7, 11) is 0. The molecule has 156 valence electrons. The molecule has 1 aliphatic carbocycles. The molecule has 0 bridgehead atoms. The number of likely N-dealkylation sites (tertiary alicyclic amines) is 1. The molecule has 1 N–H and O–H groups in total. The zero-order chi connectivity index (χ0) is 21.4. The lowest BCUT2D eigenvalue weighted by Gasteiger charge is -2.25. The monoisotopic (exact) mass is 414 g/mol. The number of nitrogens with zero attached hydrogens (tertiary/aromatic N) is 2. The lowest BCUT2D eigenvalue weighted by molar-refractivity contribution is 0.0696.